The molecule has 114 valence electrons. The van der Waals surface area contributed by atoms with Gasteiger partial charge in [0, 0.05) is 37.5 Å². The lowest BCUT2D eigenvalue weighted by Gasteiger charge is -2.09. The van der Waals surface area contributed by atoms with Crippen LogP contribution in [0.15, 0.2) is 41.3 Å². The average molecular weight is 320 g/mol. The molecule has 0 unspecified atom stereocenters. The third-order valence-corrected chi connectivity index (χ3v) is 3.40. The summed E-state index contributed by atoms with van der Waals surface area (Å²) in [5, 5.41) is 5.38. The summed E-state index contributed by atoms with van der Waals surface area (Å²) in [5.74, 6) is -0.769. The van der Waals surface area contributed by atoms with Crippen molar-refractivity contribution in [2.24, 2.45) is 7.05 Å². The van der Waals surface area contributed by atoms with Gasteiger partial charge in [-0.25, -0.2) is 0 Å². The molecule has 6 nitrogen and oxygen atoms in total. The first-order valence-corrected chi connectivity index (χ1v) is 6.80. The Balaban J connectivity index is 2.29. The Morgan fingerprint density at radius 3 is 2.41 bits per heavy atom. The monoisotopic (exact) mass is 319 g/mol. The highest BCUT2D eigenvalue weighted by atomic mass is 35.5. The predicted molar refractivity (Wildman–Crippen MR) is 84.5 cm³/mol. The van der Waals surface area contributed by atoms with E-state index in [0.29, 0.717) is 16.3 Å². The highest BCUT2D eigenvalue weighted by Gasteiger charge is 2.12. The van der Waals surface area contributed by atoms with Crippen LogP contribution < -0.4 is 16.2 Å². The van der Waals surface area contributed by atoms with Gasteiger partial charge in [-0.2, -0.15) is 0 Å². The average Bonchev–Trinajstić information content (AvgIpc) is 2.51. The third kappa shape index (κ3) is 3.35. The molecule has 7 heteroatoms. The van der Waals surface area contributed by atoms with Gasteiger partial charge in [-0.05, 0) is 24.3 Å². The normalized spacial score (nSPS) is 10.1. The summed E-state index contributed by atoms with van der Waals surface area (Å²) in [4.78, 5) is 35.3. The summed E-state index contributed by atoms with van der Waals surface area (Å²) >= 11 is 6.02. The number of rotatable bonds is 3. The largest absolute Gasteiger partial charge is 0.355 e. The number of aryl methyl sites for hydroxylation is 1. The van der Waals surface area contributed by atoms with Gasteiger partial charge in [-0.3, -0.25) is 14.4 Å². The van der Waals surface area contributed by atoms with Gasteiger partial charge < -0.3 is 15.2 Å². The van der Waals surface area contributed by atoms with E-state index in [1.54, 1.807) is 13.1 Å². The fraction of sp³-hybridized carbons (Fsp3) is 0.133. The van der Waals surface area contributed by atoms with Gasteiger partial charge in [0.05, 0.1) is 10.7 Å². The molecule has 0 fully saturated rings. The van der Waals surface area contributed by atoms with E-state index in [1.165, 1.54) is 42.1 Å². The van der Waals surface area contributed by atoms with E-state index in [4.69, 9.17) is 11.6 Å². The van der Waals surface area contributed by atoms with E-state index in [0.717, 1.165) is 0 Å². The smallest absolute Gasteiger partial charge is 0.255 e. The quantitative estimate of drug-likeness (QED) is 0.902. The highest BCUT2D eigenvalue weighted by molar-refractivity contribution is 6.34. The zero-order valence-electron chi connectivity index (χ0n) is 12.0. The number of aromatic nitrogens is 1. The summed E-state index contributed by atoms with van der Waals surface area (Å²) in [5.41, 5.74) is 0.585. The molecule has 0 aliphatic carbocycles. The fourth-order valence-corrected chi connectivity index (χ4v) is 1.96. The van der Waals surface area contributed by atoms with Crippen LogP contribution in [0.2, 0.25) is 5.02 Å². The van der Waals surface area contributed by atoms with E-state index in [1.807, 2.05) is 0 Å². The molecule has 2 aromatic rings. The summed E-state index contributed by atoms with van der Waals surface area (Å²) in [7, 11) is 3.10. The van der Waals surface area contributed by atoms with Crippen molar-refractivity contribution in [1.82, 2.24) is 9.88 Å². The predicted octanol–water partition coefficient (Wildman–Crippen LogP) is 1.65. The molecular formula is C15H14ClN3O3. The molecule has 2 N–H and O–H groups in total. The minimum atomic E-state index is -0.478. The number of nitrogens with zero attached hydrogens (tertiary/aromatic N) is 1. The molecule has 0 atom stereocenters. The van der Waals surface area contributed by atoms with Crippen molar-refractivity contribution in [3.05, 3.63) is 63.0 Å². The second-order valence-electron chi connectivity index (χ2n) is 4.59. The Morgan fingerprint density at radius 2 is 1.77 bits per heavy atom. The number of hydrogen-bond donors (Lipinski definition) is 2. The number of carbonyl (C=O) groups is 2. The van der Waals surface area contributed by atoms with Crippen molar-refractivity contribution < 1.29 is 9.59 Å². The van der Waals surface area contributed by atoms with Crippen LogP contribution in [0, 0.1) is 0 Å². The number of halogens is 1. The number of nitrogens with one attached hydrogen (secondary N) is 2. The van der Waals surface area contributed by atoms with Crippen molar-refractivity contribution >= 4 is 29.1 Å². The van der Waals surface area contributed by atoms with Crippen LogP contribution >= 0.6 is 11.6 Å². The van der Waals surface area contributed by atoms with E-state index in [9.17, 15) is 14.4 Å². The molecule has 0 radical (unpaired) electrons. The second kappa shape index (κ2) is 6.44. The van der Waals surface area contributed by atoms with Crippen LogP contribution in [0.1, 0.15) is 20.7 Å². The minimum Gasteiger partial charge on any atom is -0.355 e. The maximum atomic E-state index is 12.2. The Labute approximate surface area is 131 Å². The first kappa shape index (κ1) is 15.8. The number of carbonyl (C=O) groups excluding carboxylic acids is 2. The molecule has 0 spiro atoms. The fourth-order valence-electron chi connectivity index (χ4n) is 1.79. The van der Waals surface area contributed by atoms with Gasteiger partial charge >= 0.3 is 0 Å². The Kier molecular flexibility index (Phi) is 4.62. The topological polar surface area (TPSA) is 80.2 Å². The van der Waals surface area contributed by atoms with Crippen LogP contribution in [0.25, 0.3) is 0 Å². The van der Waals surface area contributed by atoms with Crippen molar-refractivity contribution in [2.75, 3.05) is 12.4 Å². The van der Waals surface area contributed by atoms with Gasteiger partial charge in [0.15, 0.2) is 0 Å². The van der Waals surface area contributed by atoms with Gasteiger partial charge in [0.25, 0.3) is 17.4 Å². The van der Waals surface area contributed by atoms with E-state index < -0.39 is 5.91 Å². The van der Waals surface area contributed by atoms with Crippen LogP contribution in [0.5, 0.6) is 0 Å². The van der Waals surface area contributed by atoms with E-state index >= 15 is 0 Å². The Hall–Kier alpha value is -2.60. The first-order chi connectivity index (χ1) is 10.4. The lowest BCUT2D eigenvalue weighted by atomic mass is 10.1. The number of benzene rings is 1. The molecule has 0 aliphatic heterocycles. The molecular weight excluding hydrogens is 306 g/mol. The molecule has 0 saturated carbocycles. The lowest BCUT2D eigenvalue weighted by molar-refractivity contribution is 0.0961. The van der Waals surface area contributed by atoms with Crippen LogP contribution in [0.3, 0.4) is 0 Å². The zero-order chi connectivity index (χ0) is 16.3. The minimum absolute atomic E-state index is 0.213. The number of amides is 2. The molecule has 0 bridgehead atoms. The molecule has 2 amide bonds. The molecule has 0 saturated heterocycles. The van der Waals surface area contributed by atoms with Crippen molar-refractivity contribution in [2.45, 2.75) is 0 Å². The molecule has 1 aromatic heterocycles. The maximum absolute atomic E-state index is 12.2. The molecule has 22 heavy (non-hydrogen) atoms. The first-order valence-electron chi connectivity index (χ1n) is 6.42. The van der Waals surface area contributed by atoms with Gasteiger partial charge in [0.1, 0.15) is 0 Å². The van der Waals surface area contributed by atoms with Gasteiger partial charge in [-0.1, -0.05) is 11.6 Å². The van der Waals surface area contributed by atoms with Gasteiger partial charge in [-0.15, -0.1) is 0 Å². The Morgan fingerprint density at radius 1 is 1.09 bits per heavy atom. The third-order valence-electron chi connectivity index (χ3n) is 3.07. The van der Waals surface area contributed by atoms with E-state index in [-0.39, 0.29) is 17.0 Å². The number of hydrogen-bond acceptors (Lipinski definition) is 3. The zero-order valence-corrected chi connectivity index (χ0v) is 12.8. The van der Waals surface area contributed by atoms with Crippen LogP contribution in [-0.2, 0) is 7.05 Å². The molecule has 1 heterocycles. The lowest BCUT2D eigenvalue weighted by Crippen LogP contribution is -2.21. The number of anilines is 1. The Bertz CT molecular complexity index is 799. The van der Waals surface area contributed by atoms with E-state index in [2.05, 4.69) is 10.6 Å². The summed E-state index contributed by atoms with van der Waals surface area (Å²) < 4.78 is 1.36. The highest BCUT2D eigenvalue weighted by Crippen LogP contribution is 2.23. The summed E-state index contributed by atoms with van der Waals surface area (Å²) in [6.45, 7) is 0. The van der Waals surface area contributed by atoms with Crippen LogP contribution in [-0.4, -0.2) is 23.4 Å². The SMILES string of the molecule is CNC(=O)c1ccc(Cl)c(NC(=O)c2ccn(C)c(=O)c2)c1. The molecule has 1 aromatic carbocycles. The molecule has 2 rings (SSSR count). The maximum Gasteiger partial charge on any atom is 0.255 e. The standard InChI is InChI=1S/C15H14ClN3O3/c1-17-14(21)9-3-4-11(16)12(7-9)18-15(22)10-5-6-19(2)13(20)8-10/h3-8H,1-2H3,(H,17,21)(H,18,22). The van der Waals surface area contributed by atoms with Crippen LogP contribution in [0.4, 0.5) is 5.69 Å². The summed E-state index contributed by atoms with van der Waals surface area (Å²) in [6, 6.07) is 7.29. The number of pyridine rings is 1. The molecule has 0 aliphatic rings. The second-order valence-corrected chi connectivity index (χ2v) is 5.00. The summed E-state index contributed by atoms with van der Waals surface area (Å²) in [6.07, 6.45) is 1.50. The van der Waals surface area contributed by atoms with Crippen molar-refractivity contribution in [1.29, 1.82) is 0 Å². The van der Waals surface area contributed by atoms with Crippen molar-refractivity contribution in [3.63, 3.8) is 0 Å². The van der Waals surface area contributed by atoms with Crippen molar-refractivity contribution in [3.8, 4) is 0 Å². The van der Waals surface area contributed by atoms with Gasteiger partial charge in [0.2, 0.25) is 0 Å².